The Morgan fingerprint density at radius 3 is 2.45 bits per heavy atom. The largest absolute Gasteiger partial charge is 0.493 e. The van der Waals surface area contributed by atoms with Gasteiger partial charge in [0.1, 0.15) is 5.82 Å². The molecule has 0 aliphatic carbocycles. The number of nitrogens with one attached hydrogen (secondary N) is 1. The highest BCUT2D eigenvalue weighted by molar-refractivity contribution is 6.33. The molecule has 0 spiro atoms. The topological polar surface area (TPSA) is 66.9 Å². The zero-order chi connectivity index (χ0) is 24.2. The molecular weight excluding hydrogens is 475 g/mol. The number of benzene rings is 1. The molecule has 180 valence electrons. The summed E-state index contributed by atoms with van der Waals surface area (Å²) in [7, 11) is 1.31. The van der Waals surface area contributed by atoms with Crippen molar-refractivity contribution >= 4 is 23.4 Å². The lowest BCUT2D eigenvalue weighted by atomic mass is 10.2. The van der Waals surface area contributed by atoms with E-state index in [1.54, 1.807) is 9.80 Å². The molecule has 3 rings (SSSR count). The van der Waals surface area contributed by atoms with E-state index in [2.05, 4.69) is 15.0 Å². The zero-order valence-corrected chi connectivity index (χ0v) is 18.1. The third kappa shape index (κ3) is 6.28. The first kappa shape index (κ1) is 24.6. The number of nitrogens with zero attached hydrogens (tertiary/aromatic N) is 3. The SMILES string of the molecule is COc1cc(CNC(=O)N2CCN(c3ncc(C(F)(F)F)cc3Cl)CC2)ccc1OC(F)F. The normalized spacial score (nSPS) is 14.4. The molecule has 2 aromatic rings. The molecular formula is C20H20ClF5N4O3. The quantitative estimate of drug-likeness (QED) is 0.603. The molecule has 1 fully saturated rings. The molecule has 0 unspecified atom stereocenters. The van der Waals surface area contributed by atoms with Crippen LogP contribution in [-0.2, 0) is 12.7 Å². The van der Waals surface area contributed by atoms with Gasteiger partial charge in [-0.05, 0) is 23.8 Å². The molecule has 2 amide bonds. The van der Waals surface area contributed by atoms with Crippen molar-refractivity contribution in [1.29, 1.82) is 0 Å². The summed E-state index contributed by atoms with van der Waals surface area (Å²) < 4.78 is 72.6. The summed E-state index contributed by atoms with van der Waals surface area (Å²) in [6.45, 7) is -1.60. The number of carbonyl (C=O) groups is 1. The number of rotatable bonds is 6. The molecule has 0 saturated carbocycles. The summed E-state index contributed by atoms with van der Waals surface area (Å²) in [6.07, 6.45) is -3.81. The van der Waals surface area contributed by atoms with E-state index in [1.165, 1.54) is 25.3 Å². The number of pyridine rings is 1. The predicted octanol–water partition coefficient (Wildman–Crippen LogP) is 4.40. The molecule has 7 nitrogen and oxygen atoms in total. The first-order valence-electron chi connectivity index (χ1n) is 9.70. The van der Waals surface area contributed by atoms with E-state index >= 15 is 0 Å². The van der Waals surface area contributed by atoms with Crippen molar-refractivity contribution in [2.45, 2.75) is 19.3 Å². The van der Waals surface area contributed by atoms with Gasteiger partial charge < -0.3 is 24.6 Å². The summed E-state index contributed by atoms with van der Waals surface area (Å²) in [4.78, 5) is 19.6. The maximum Gasteiger partial charge on any atom is 0.417 e. The smallest absolute Gasteiger partial charge is 0.417 e. The second kappa shape index (κ2) is 10.3. The van der Waals surface area contributed by atoms with Gasteiger partial charge in [-0.15, -0.1) is 0 Å². The van der Waals surface area contributed by atoms with Crippen LogP contribution in [-0.4, -0.2) is 55.8 Å². The lowest BCUT2D eigenvalue weighted by molar-refractivity contribution is -0.137. The Labute approximate surface area is 191 Å². The van der Waals surface area contributed by atoms with Crippen molar-refractivity contribution in [2.75, 3.05) is 38.2 Å². The maximum atomic E-state index is 12.8. The third-order valence-electron chi connectivity index (χ3n) is 4.90. The number of piperazine rings is 1. The lowest BCUT2D eigenvalue weighted by Gasteiger charge is -2.35. The van der Waals surface area contributed by atoms with Crippen LogP contribution in [0.3, 0.4) is 0 Å². The average molecular weight is 495 g/mol. The first-order valence-corrected chi connectivity index (χ1v) is 10.1. The van der Waals surface area contributed by atoms with Gasteiger partial charge in [0.15, 0.2) is 11.5 Å². The van der Waals surface area contributed by atoms with E-state index < -0.39 is 18.4 Å². The van der Waals surface area contributed by atoms with Crippen LogP contribution >= 0.6 is 11.6 Å². The highest BCUT2D eigenvalue weighted by Gasteiger charge is 2.32. The minimum atomic E-state index is -4.54. The fraction of sp³-hybridized carbons (Fsp3) is 0.400. The highest BCUT2D eigenvalue weighted by atomic mass is 35.5. The molecule has 0 radical (unpaired) electrons. The number of methoxy groups -OCH3 is 1. The van der Waals surface area contributed by atoms with E-state index in [0.717, 1.165) is 12.3 Å². The van der Waals surface area contributed by atoms with Crippen LogP contribution in [0.15, 0.2) is 30.5 Å². The van der Waals surface area contributed by atoms with Crippen LogP contribution in [0.4, 0.5) is 32.6 Å². The minimum absolute atomic E-state index is 0.108. The Kier molecular flexibility index (Phi) is 7.67. The second-order valence-corrected chi connectivity index (χ2v) is 7.43. The maximum absolute atomic E-state index is 12.8. The molecule has 1 saturated heterocycles. The summed E-state index contributed by atoms with van der Waals surface area (Å²) in [5.74, 6) is 0.216. The van der Waals surface area contributed by atoms with Crippen molar-refractivity contribution < 1.29 is 36.2 Å². The molecule has 1 aromatic carbocycles. The Morgan fingerprint density at radius 2 is 1.88 bits per heavy atom. The molecule has 0 atom stereocenters. The van der Waals surface area contributed by atoms with E-state index in [0.29, 0.717) is 31.7 Å². The summed E-state index contributed by atoms with van der Waals surface area (Å²) in [5, 5.41) is 2.61. The fourth-order valence-electron chi connectivity index (χ4n) is 3.24. The molecule has 0 bridgehead atoms. The number of aromatic nitrogens is 1. The van der Waals surface area contributed by atoms with Crippen molar-refractivity contribution in [3.63, 3.8) is 0 Å². The van der Waals surface area contributed by atoms with Crippen LogP contribution in [0.2, 0.25) is 5.02 Å². The zero-order valence-electron chi connectivity index (χ0n) is 17.3. The fourth-order valence-corrected chi connectivity index (χ4v) is 3.53. The summed E-state index contributed by atoms with van der Waals surface area (Å²) in [6, 6.07) is 4.80. The number of amides is 2. The molecule has 1 aliphatic heterocycles. The molecule has 1 aliphatic rings. The number of halogens is 6. The molecule has 33 heavy (non-hydrogen) atoms. The van der Waals surface area contributed by atoms with Gasteiger partial charge in [-0.3, -0.25) is 0 Å². The van der Waals surface area contributed by atoms with Crippen molar-refractivity contribution in [2.24, 2.45) is 0 Å². The van der Waals surface area contributed by atoms with Crippen LogP contribution in [0.25, 0.3) is 0 Å². The van der Waals surface area contributed by atoms with Gasteiger partial charge in [0.2, 0.25) is 0 Å². The van der Waals surface area contributed by atoms with Crippen molar-refractivity contribution in [3.8, 4) is 11.5 Å². The van der Waals surface area contributed by atoms with Gasteiger partial charge in [-0.2, -0.15) is 22.0 Å². The summed E-state index contributed by atoms with van der Waals surface area (Å²) in [5.41, 5.74) is -0.319. The highest BCUT2D eigenvalue weighted by Crippen LogP contribution is 2.34. The van der Waals surface area contributed by atoms with Gasteiger partial charge in [-0.25, -0.2) is 9.78 Å². The summed E-state index contributed by atoms with van der Waals surface area (Å²) >= 11 is 5.99. The third-order valence-corrected chi connectivity index (χ3v) is 5.18. The van der Waals surface area contributed by atoms with Gasteiger partial charge in [0.05, 0.1) is 17.7 Å². The number of carbonyl (C=O) groups excluding carboxylic acids is 1. The number of urea groups is 1. The Bertz CT molecular complexity index is 985. The standard InChI is InChI=1S/C20H20ClF5N4O3/c1-32-16-8-12(2-3-15(16)33-18(22)23)10-28-19(31)30-6-4-29(5-7-30)17-14(21)9-13(11-27-17)20(24,25)26/h2-3,8-9,11,18H,4-7,10H2,1H3,(H,28,31). The van der Waals surface area contributed by atoms with E-state index in [9.17, 15) is 26.7 Å². The van der Waals surface area contributed by atoms with Crippen LogP contribution in [0, 0.1) is 0 Å². The second-order valence-electron chi connectivity index (χ2n) is 7.02. The van der Waals surface area contributed by atoms with Gasteiger partial charge in [-0.1, -0.05) is 17.7 Å². The van der Waals surface area contributed by atoms with Crippen LogP contribution in [0.5, 0.6) is 11.5 Å². The Hall–Kier alpha value is -3.02. The lowest BCUT2D eigenvalue weighted by Crippen LogP contribution is -2.52. The molecule has 13 heteroatoms. The van der Waals surface area contributed by atoms with Crippen molar-refractivity contribution in [3.05, 3.63) is 46.6 Å². The number of ether oxygens (including phenoxy) is 2. The molecule has 1 N–H and O–H groups in total. The number of anilines is 1. The average Bonchev–Trinajstić information content (AvgIpc) is 2.77. The van der Waals surface area contributed by atoms with Gasteiger partial charge in [0, 0.05) is 38.9 Å². The number of alkyl halides is 5. The number of hydrogen-bond donors (Lipinski definition) is 1. The monoisotopic (exact) mass is 494 g/mol. The van der Waals surface area contributed by atoms with E-state index in [-0.39, 0.29) is 34.9 Å². The van der Waals surface area contributed by atoms with Crippen LogP contribution < -0.4 is 19.7 Å². The molecule has 1 aromatic heterocycles. The number of hydrogen-bond acceptors (Lipinski definition) is 5. The van der Waals surface area contributed by atoms with Gasteiger partial charge >= 0.3 is 18.8 Å². The van der Waals surface area contributed by atoms with E-state index in [1.807, 2.05) is 0 Å². The van der Waals surface area contributed by atoms with Gasteiger partial charge in [0.25, 0.3) is 0 Å². The van der Waals surface area contributed by atoms with Crippen molar-refractivity contribution in [1.82, 2.24) is 15.2 Å². The predicted molar refractivity (Wildman–Crippen MR) is 110 cm³/mol. The first-order chi connectivity index (χ1) is 15.6. The molecule has 2 heterocycles. The minimum Gasteiger partial charge on any atom is -0.493 e. The Morgan fingerprint density at radius 1 is 1.18 bits per heavy atom. The van der Waals surface area contributed by atoms with E-state index in [4.69, 9.17) is 16.3 Å². The Balaban J connectivity index is 1.54. The van der Waals surface area contributed by atoms with Crippen LogP contribution in [0.1, 0.15) is 11.1 Å².